The van der Waals surface area contributed by atoms with Crippen molar-refractivity contribution in [2.24, 2.45) is 5.10 Å². The van der Waals surface area contributed by atoms with Gasteiger partial charge in [0.25, 0.3) is 0 Å². The van der Waals surface area contributed by atoms with Crippen LogP contribution in [0.4, 0.5) is 21.0 Å². The molecule has 3 aromatic rings. The van der Waals surface area contributed by atoms with Crippen LogP contribution in [0.1, 0.15) is 38.7 Å². The highest BCUT2D eigenvalue weighted by Crippen LogP contribution is 2.38. The molecule has 0 spiro atoms. The minimum Gasteiger partial charge on any atom is -0.315 e. The molecule has 0 saturated carbocycles. The van der Waals surface area contributed by atoms with Gasteiger partial charge in [0.15, 0.2) is 6.17 Å². The Hall–Kier alpha value is -3.54. The number of urea groups is 2. The Kier molecular flexibility index (Phi) is 11.0. The largest absolute Gasteiger partial charge is 0.347 e. The van der Waals surface area contributed by atoms with Crippen LogP contribution in [0.5, 0.6) is 0 Å². The normalized spacial score (nSPS) is 16.0. The lowest BCUT2D eigenvalue weighted by Gasteiger charge is -2.38. The summed E-state index contributed by atoms with van der Waals surface area (Å²) >= 11 is 24.0. The molecule has 5 amide bonds. The third kappa shape index (κ3) is 7.94. The van der Waals surface area contributed by atoms with E-state index in [4.69, 9.17) is 46.4 Å². The molecule has 1 saturated heterocycles. The predicted octanol–water partition coefficient (Wildman–Crippen LogP) is 7.89. The molecule has 0 aliphatic carbocycles. The fraction of sp³-hybridized carbons (Fsp3) is 0.267. The number of hydrogen-bond donors (Lipinski definition) is 3. The Morgan fingerprint density at radius 1 is 0.955 bits per heavy atom. The molecular weight excluding hydrogens is 650 g/mol. The van der Waals surface area contributed by atoms with Crippen LogP contribution >= 0.6 is 46.4 Å². The molecule has 1 atom stereocenters. The Labute approximate surface area is 275 Å². The van der Waals surface area contributed by atoms with Gasteiger partial charge in [-0.05, 0) is 87.4 Å². The molecular formula is C30H30Cl4N6O4. The van der Waals surface area contributed by atoms with E-state index in [1.165, 1.54) is 11.1 Å². The number of rotatable bonds is 10. The lowest BCUT2D eigenvalue weighted by molar-refractivity contribution is -0.121. The zero-order chi connectivity index (χ0) is 32.0. The van der Waals surface area contributed by atoms with Crippen LogP contribution in [-0.4, -0.2) is 57.6 Å². The molecule has 1 aliphatic rings. The van der Waals surface area contributed by atoms with Gasteiger partial charge in [-0.25, -0.2) is 15.0 Å². The fourth-order valence-corrected chi connectivity index (χ4v) is 5.51. The van der Waals surface area contributed by atoms with E-state index in [2.05, 4.69) is 15.8 Å². The number of hydrazone groups is 1. The van der Waals surface area contributed by atoms with Gasteiger partial charge in [0.1, 0.15) is 0 Å². The van der Waals surface area contributed by atoms with Gasteiger partial charge in [-0.15, -0.1) is 0 Å². The van der Waals surface area contributed by atoms with Crippen molar-refractivity contribution in [1.82, 2.24) is 15.4 Å². The van der Waals surface area contributed by atoms with Crippen molar-refractivity contribution in [3.63, 3.8) is 0 Å². The number of anilines is 2. The molecule has 1 fully saturated rings. The highest BCUT2D eigenvalue weighted by Gasteiger charge is 2.55. The van der Waals surface area contributed by atoms with Gasteiger partial charge in [-0.3, -0.25) is 14.9 Å². The van der Waals surface area contributed by atoms with Crippen LogP contribution in [0.3, 0.4) is 0 Å². The molecule has 1 heterocycles. The predicted molar refractivity (Wildman–Crippen MR) is 174 cm³/mol. The first-order valence-corrected chi connectivity index (χ1v) is 15.1. The van der Waals surface area contributed by atoms with Gasteiger partial charge < -0.3 is 10.2 Å². The molecule has 10 nitrogen and oxygen atoms in total. The van der Waals surface area contributed by atoms with E-state index in [1.807, 2.05) is 0 Å². The maximum absolute atomic E-state index is 13.8. The maximum atomic E-state index is 13.8. The summed E-state index contributed by atoms with van der Waals surface area (Å²) < 4.78 is 0. The summed E-state index contributed by atoms with van der Waals surface area (Å²) in [4.78, 5) is 42.2. The topological polar surface area (TPSA) is 118 Å². The number of nitrogens with zero attached hydrogens (tertiary/aromatic N) is 4. The minimum absolute atomic E-state index is 0.161. The first-order valence-electron chi connectivity index (χ1n) is 13.6. The van der Waals surface area contributed by atoms with Gasteiger partial charge >= 0.3 is 12.1 Å². The highest BCUT2D eigenvalue weighted by molar-refractivity contribution is 6.36. The second kappa shape index (κ2) is 14.5. The number of halogens is 4. The molecule has 14 heteroatoms. The van der Waals surface area contributed by atoms with Crippen molar-refractivity contribution in [2.75, 3.05) is 16.8 Å². The summed E-state index contributed by atoms with van der Waals surface area (Å²) in [7, 11) is 0. The van der Waals surface area contributed by atoms with E-state index in [0.29, 0.717) is 54.9 Å². The molecule has 44 heavy (non-hydrogen) atoms. The number of benzene rings is 3. The van der Waals surface area contributed by atoms with E-state index in [1.54, 1.807) is 85.5 Å². The second-order valence-electron chi connectivity index (χ2n) is 10.5. The average molecular weight is 680 g/mol. The molecule has 4 rings (SSSR count). The highest BCUT2D eigenvalue weighted by atomic mass is 35.5. The van der Waals surface area contributed by atoms with Gasteiger partial charge in [0.05, 0.1) is 16.8 Å². The first-order chi connectivity index (χ1) is 20.9. The number of hydroxylamine groups is 2. The Morgan fingerprint density at radius 2 is 1.57 bits per heavy atom. The van der Waals surface area contributed by atoms with E-state index >= 15 is 0 Å². The number of unbranched alkanes of at least 4 members (excludes halogenated alkanes) is 1. The maximum Gasteiger partial charge on any atom is 0.347 e. The van der Waals surface area contributed by atoms with Gasteiger partial charge in [0.2, 0.25) is 5.91 Å². The fourth-order valence-electron chi connectivity index (χ4n) is 4.80. The van der Waals surface area contributed by atoms with Crippen molar-refractivity contribution >= 4 is 82.0 Å². The number of carbonyl (C=O) groups is 3. The zero-order valence-corrected chi connectivity index (χ0v) is 26.8. The van der Waals surface area contributed by atoms with Crippen LogP contribution < -0.4 is 15.6 Å². The van der Waals surface area contributed by atoms with Gasteiger partial charge in [0, 0.05) is 45.0 Å². The summed E-state index contributed by atoms with van der Waals surface area (Å²) in [6.07, 6.45) is 1.40. The summed E-state index contributed by atoms with van der Waals surface area (Å²) in [5.41, 5.74) is 2.87. The Morgan fingerprint density at radius 3 is 2.20 bits per heavy atom. The van der Waals surface area contributed by atoms with Crippen molar-refractivity contribution in [1.29, 1.82) is 0 Å². The molecule has 3 aromatic carbocycles. The smallest absolute Gasteiger partial charge is 0.315 e. The molecule has 0 radical (unpaired) electrons. The third-order valence-electron chi connectivity index (χ3n) is 7.04. The molecule has 1 aliphatic heterocycles. The van der Waals surface area contributed by atoms with Crippen LogP contribution in [0, 0.1) is 0 Å². The van der Waals surface area contributed by atoms with Gasteiger partial charge in [-0.1, -0.05) is 52.5 Å². The van der Waals surface area contributed by atoms with Crippen molar-refractivity contribution in [3.05, 3.63) is 92.4 Å². The lowest BCUT2D eigenvalue weighted by Crippen LogP contribution is -2.58. The van der Waals surface area contributed by atoms with E-state index in [0.717, 1.165) is 0 Å². The Bertz CT molecular complexity index is 1540. The minimum atomic E-state index is -1.11. The second-order valence-corrected chi connectivity index (χ2v) is 12.2. The summed E-state index contributed by atoms with van der Waals surface area (Å²) in [6, 6.07) is 16.6. The molecule has 0 bridgehead atoms. The number of nitrogens with one attached hydrogen (secondary N) is 2. The summed E-state index contributed by atoms with van der Waals surface area (Å²) in [5.74, 6) is -0.306. The quantitative estimate of drug-likeness (QED) is 0.0874. The molecule has 0 unspecified atom stereocenters. The van der Waals surface area contributed by atoms with E-state index in [-0.39, 0.29) is 18.9 Å². The van der Waals surface area contributed by atoms with E-state index < -0.39 is 23.8 Å². The average Bonchev–Trinajstić information content (AvgIpc) is 3.17. The van der Waals surface area contributed by atoms with Crippen LogP contribution in [0.25, 0.3) is 0 Å². The molecule has 3 N–H and O–H groups in total. The number of amides is 5. The zero-order valence-electron chi connectivity index (χ0n) is 23.8. The van der Waals surface area contributed by atoms with Crippen molar-refractivity contribution in [2.45, 2.75) is 44.8 Å². The van der Waals surface area contributed by atoms with Crippen LogP contribution in [-0.2, 0) is 4.79 Å². The Balaban J connectivity index is 1.42. The van der Waals surface area contributed by atoms with Gasteiger partial charge in [-0.2, -0.15) is 10.2 Å². The lowest BCUT2D eigenvalue weighted by atomic mass is 9.99. The van der Waals surface area contributed by atoms with Crippen LogP contribution in [0.2, 0.25) is 20.1 Å². The first kappa shape index (κ1) is 33.4. The third-order valence-corrected chi connectivity index (χ3v) is 8.11. The number of carbonyl (C=O) groups excluding carboxylic acids is 3. The molecule has 232 valence electrons. The van der Waals surface area contributed by atoms with Crippen molar-refractivity contribution in [3.8, 4) is 0 Å². The standard InChI is InChI=1S/C30H30Cl4N6O4/c1-30(2)27(40(44)28(42)36-23-12-8-20(31)9-13-23)39(24-14-10-21(32)11-15-24)29(43)38(30)16-4-3-5-26(41)37-35-18-19-6-7-22(33)17-25(19)34/h6-15,17-18,27,44H,3-5,16H2,1-2H3,(H,36,42)(H,37,41)/b35-18+/t27-/m1/s1. The van der Waals surface area contributed by atoms with Crippen LogP contribution in [0.15, 0.2) is 71.8 Å². The summed E-state index contributed by atoms with van der Waals surface area (Å²) in [5, 5.41) is 20.1. The number of hydrogen-bond acceptors (Lipinski definition) is 5. The monoisotopic (exact) mass is 678 g/mol. The summed E-state index contributed by atoms with van der Waals surface area (Å²) in [6.45, 7) is 3.77. The SMILES string of the molecule is CC1(C)[C@@H](N(O)C(=O)Nc2ccc(Cl)cc2)N(c2ccc(Cl)cc2)C(=O)N1CCCCC(=O)N/N=C/c1ccc(Cl)cc1Cl. The van der Waals surface area contributed by atoms with Crippen molar-refractivity contribution < 1.29 is 19.6 Å². The molecule has 0 aromatic heterocycles. The van der Waals surface area contributed by atoms with E-state index in [9.17, 15) is 19.6 Å².